The zero-order chi connectivity index (χ0) is 22.2. The first kappa shape index (κ1) is 20.9. The standard InChI is InChI=1S/C26H28N2O4/c1-16-6-7-20-22(13-25(30)31-23(20)11-16)24-12-21-18(14-27-17(2)26(21)32-24)15-28-9-4-3-5-19(28)8-10-29/h6-7,11-14,19,29H,3-5,8-10,15H2,1-2H3/t19-/m1/s1. The van der Waals surface area contributed by atoms with Crippen molar-refractivity contribution in [2.45, 2.75) is 52.1 Å². The molecule has 4 aromatic rings. The second-order valence-electron chi connectivity index (χ2n) is 8.83. The van der Waals surface area contributed by atoms with Crippen molar-refractivity contribution < 1.29 is 13.9 Å². The van der Waals surface area contributed by atoms with Crippen LogP contribution in [-0.4, -0.2) is 34.2 Å². The number of piperidine rings is 1. The molecule has 1 N–H and O–H groups in total. The molecule has 6 nitrogen and oxygen atoms in total. The van der Waals surface area contributed by atoms with E-state index in [1.54, 1.807) is 0 Å². The van der Waals surface area contributed by atoms with E-state index < -0.39 is 5.63 Å². The van der Waals surface area contributed by atoms with Crippen LogP contribution < -0.4 is 5.63 Å². The zero-order valence-electron chi connectivity index (χ0n) is 18.6. The molecular formula is C26H28N2O4. The quantitative estimate of drug-likeness (QED) is 0.449. The van der Waals surface area contributed by atoms with Gasteiger partial charge in [-0.05, 0) is 62.9 Å². The Hall–Kier alpha value is -2.96. The van der Waals surface area contributed by atoms with Crippen LogP contribution in [0.1, 0.15) is 42.5 Å². The smallest absolute Gasteiger partial charge is 0.336 e. The summed E-state index contributed by atoms with van der Waals surface area (Å²) in [7, 11) is 0. The van der Waals surface area contributed by atoms with Gasteiger partial charge in [0.25, 0.3) is 0 Å². The summed E-state index contributed by atoms with van der Waals surface area (Å²) in [6.07, 6.45) is 6.23. The van der Waals surface area contributed by atoms with Crippen LogP contribution in [0.15, 0.2) is 50.2 Å². The Morgan fingerprint density at radius 1 is 1.12 bits per heavy atom. The van der Waals surface area contributed by atoms with Gasteiger partial charge in [-0.2, -0.15) is 0 Å². The molecule has 0 bridgehead atoms. The van der Waals surface area contributed by atoms with Crippen molar-refractivity contribution >= 4 is 21.9 Å². The molecule has 3 aromatic heterocycles. The molecule has 0 saturated carbocycles. The molecule has 32 heavy (non-hydrogen) atoms. The zero-order valence-corrected chi connectivity index (χ0v) is 18.6. The Labute approximate surface area is 186 Å². The lowest BCUT2D eigenvalue weighted by Crippen LogP contribution is -2.39. The lowest BCUT2D eigenvalue weighted by Gasteiger charge is -2.35. The predicted octanol–water partition coefficient (Wildman–Crippen LogP) is 4.95. The summed E-state index contributed by atoms with van der Waals surface area (Å²) in [5.41, 5.74) is 4.61. The molecule has 0 spiro atoms. The Morgan fingerprint density at radius 3 is 2.84 bits per heavy atom. The summed E-state index contributed by atoms with van der Waals surface area (Å²) in [6.45, 7) is 5.91. The molecule has 1 aliphatic heterocycles. The van der Waals surface area contributed by atoms with Crippen LogP contribution in [0, 0.1) is 13.8 Å². The van der Waals surface area contributed by atoms with Gasteiger partial charge in [0.05, 0.1) is 5.69 Å². The Kier molecular flexibility index (Phi) is 5.57. The molecule has 166 valence electrons. The van der Waals surface area contributed by atoms with Crippen LogP contribution in [0.5, 0.6) is 0 Å². The summed E-state index contributed by atoms with van der Waals surface area (Å²) >= 11 is 0. The SMILES string of the molecule is Cc1ccc2c(-c3cc4c(CN5CCCC[C@@H]5CCO)cnc(C)c4o3)cc(=O)oc2c1. The number of furan rings is 1. The summed E-state index contributed by atoms with van der Waals surface area (Å²) in [5.74, 6) is 0.643. The van der Waals surface area contributed by atoms with Crippen molar-refractivity contribution in [3.8, 4) is 11.3 Å². The number of aryl methyl sites for hydroxylation is 2. The average Bonchev–Trinajstić information content (AvgIpc) is 3.23. The van der Waals surface area contributed by atoms with E-state index >= 15 is 0 Å². The van der Waals surface area contributed by atoms with Gasteiger partial charge < -0.3 is 13.9 Å². The number of likely N-dealkylation sites (tertiary alicyclic amines) is 1. The molecule has 4 heterocycles. The highest BCUT2D eigenvalue weighted by Gasteiger charge is 2.24. The summed E-state index contributed by atoms with van der Waals surface area (Å²) in [4.78, 5) is 19.3. The van der Waals surface area contributed by atoms with Crippen LogP contribution in [0.2, 0.25) is 0 Å². The normalized spacial score (nSPS) is 17.4. The minimum atomic E-state index is -0.395. The second-order valence-corrected chi connectivity index (χ2v) is 8.83. The number of hydrogen-bond acceptors (Lipinski definition) is 6. The van der Waals surface area contributed by atoms with E-state index in [1.165, 1.54) is 18.9 Å². The monoisotopic (exact) mass is 432 g/mol. The number of aliphatic hydroxyl groups is 1. The van der Waals surface area contributed by atoms with Gasteiger partial charge in [-0.25, -0.2) is 4.79 Å². The minimum absolute atomic E-state index is 0.210. The van der Waals surface area contributed by atoms with E-state index in [9.17, 15) is 9.90 Å². The third-order valence-electron chi connectivity index (χ3n) is 6.57. The third-order valence-corrected chi connectivity index (χ3v) is 6.57. The number of aliphatic hydroxyl groups excluding tert-OH is 1. The van der Waals surface area contributed by atoms with Crippen molar-refractivity contribution in [1.82, 2.24) is 9.88 Å². The van der Waals surface area contributed by atoms with Crippen LogP contribution in [0.4, 0.5) is 0 Å². The number of hydrogen-bond donors (Lipinski definition) is 1. The maximum absolute atomic E-state index is 12.3. The lowest BCUT2D eigenvalue weighted by atomic mass is 9.98. The molecule has 1 aliphatic rings. The number of rotatable bonds is 5. The van der Waals surface area contributed by atoms with E-state index in [-0.39, 0.29) is 6.61 Å². The van der Waals surface area contributed by atoms with Crippen molar-refractivity contribution in [2.75, 3.05) is 13.2 Å². The Bertz CT molecular complexity index is 1340. The molecule has 5 rings (SSSR count). The van der Waals surface area contributed by atoms with Crippen molar-refractivity contribution in [2.24, 2.45) is 0 Å². The lowest BCUT2D eigenvalue weighted by molar-refractivity contribution is 0.113. The van der Waals surface area contributed by atoms with Crippen molar-refractivity contribution in [3.63, 3.8) is 0 Å². The minimum Gasteiger partial charge on any atom is -0.454 e. The van der Waals surface area contributed by atoms with Gasteiger partial charge >= 0.3 is 5.63 Å². The highest BCUT2D eigenvalue weighted by atomic mass is 16.4. The first-order chi connectivity index (χ1) is 15.5. The number of pyridine rings is 1. The molecule has 0 amide bonds. The van der Waals surface area contributed by atoms with Gasteiger partial charge in [0.15, 0.2) is 5.58 Å². The fourth-order valence-corrected chi connectivity index (χ4v) is 4.90. The van der Waals surface area contributed by atoms with E-state index in [1.807, 2.05) is 44.3 Å². The number of nitrogens with zero attached hydrogens (tertiary/aromatic N) is 2. The Morgan fingerprint density at radius 2 is 2.00 bits per heavy atom. The first-order valence-corrected chi connectivity index (χ1v) is 11.3. The third kappa shape index (κ3) is 3.85. The maximum Gasteiger partial charge on any atom is 0.336 e. The largest absolute Gasteiger partial charge is 0.454 e. The molecule has 1 fully saturated rings. The Balaban J connectivity index is 1.60. The van der Waals surface area contributed by atoms with Crippen LogP contribution in [0.3, 0.4) is 0 Å². The molecule has 0 aliphatic carbocycles. The maximum atomic E-state index is 12.3. The highest BCUT2D eigenvalue weighted by molar-refractivity contribution is 5.95. The highest BCUT2D eigenvalue weighted by Crippen LogP contribution is 2.35. The molecule has 1 atom stereocenters. The van der Waals surface area contributed by atoms with Gasteiger partial charge in [0.1, 0.15) is 11.3 Å². The van der Waals surface area contributed by atoms with Crippen molar-refractivity contribution in [1.29, 1.82) is 0 Å². The number of benzene rings is 1. The summed E-state index contributed by atoms with van der Waals surface area (Å²) in [5, 5.41) is 11.3. The van der Waals surface area contributed by atoms with E-state index in [2.05, 4.69) is 9.88 Å². The predicted molar refractivity (Wildman–Crippen MR) is 125 cm³/mol. The van der Waals surface area contributed by atoms with Gasteiger partial charge in [-0.15, -0.1) is 0 Å². The molecule has 1 saturated heterocycles. The van der Waals surface area contributed by atoms with Crippen LogP contribution >= 0.6 is 0 Å². The van der Waals surface area contributed by atoms with Crippen LogP contribution in [0.25, 0.3) is 33.3 Å². The van der Waals surface area contributed by atoms with E-state index in [4.69, 9.17) is 8.83 Å². The molecule has 1 aromatic carbocycles. The van der Waals surface area contributed by atoms with Crippen LogP contribution in [-0.2, 0) is 6.54 Å². The number of aromatic nitrogens is 1. The van der Waals surface area contributed by atoms with Crippen molar-refractivity contribution in [3.05, 3.63) is 63.8 Å². The fourth-order valence-electron chi connectivity index (χ4n) is 4.90. The van der Waals surface area contributed by atoms with E-state index in [0.29, 0.717) is 17.4 Å². The molecular weight excluding hydrogens is 404 g/mol. The van der Waals surface area contributed by atoms with Gasteiger partial charge in [0.2, 0.25) is 0 Å². The number of fused-ring (bicyclic) bond motifs is 2. The molecule has 0 unspecified atom stereocenters. The second kappa shape index (κ2) is 8.52. The van der Waals surface area contributed by atoms with Gasteiger partial charge in [0, 0.05) is 47.8 Å². The fraction of sp³-hybridized carbons (Fsp3) is 0.385. The molecule has 6 heteroatoms. The summed E-state index contributed by atoms with van der Waals surface area (Å²) in [6, 6.07) is 9.76. The van der Waals surface area contributed by atoms with Gasteiger partial charge in [-0.1, -0.05) is 18.6 Å². The first-order valence-electron chi connectivity index (χ1n) is 11.3. The topological polar surface area (TPSA) is 79.7 Å². The van der Waals surface area contributed by atoms with E-state index in [0.717, 1.165) is 64.7 Å². The average molecular weight is 433 g/mol. The molecule has 0 radical (unpaired) electrons. The van der Waals surface area contributed by atoms with Gasteiger partial charge in [-0.3, -0.25) is 9.88 Å². The summed E-state index contributed by atoms with van der Waals surface area (Å²) < 4.78 is 11.7.